The van der Waals surface area contributed by atoms with Crippen LogP contribution in [-0.4, -0.2) is 29.0 Å². The van der Waals surface area contributed by atoms with Crippen molar-refractivity contribution in [3.8, 4) is 12.3 Å². The summed E-state index contributed by atoms with van der Waals surface area (Å²) in [4.78, 5) is 22.0. The third kappa shape index (κ3) is 3.36. The van der Waals surface area contributed by atoms with Crippen LogP contribution in [0.1, 0.15) is 35.6 Å². The number of aliphatic imine (C=N–C) groups is 1. The first-order chi connectivity index (χ1) is 14.9. The lowest BCUT2D eigenvalue weighted by Crippen LogP contribution is -2.32. The highest BCUT2D eigenvalue weighted by Gasteiger charge is 2.32. The maximum Gasteiger partial charge on any atom is 0.292 e. The zero-order valence-corrected chi connectivity index (χ0v) is 16.3. The fourth-order valence-corrected chi connectivity index (χ4v) is 3.90. The second kappa shape index (κ2) is 7.68. The summed E-state index contributed by atoms with van der Waals surface area (Å²) in [5.41, 5.74) is 13.4. The maximum absolute atomic E-state index is 11.8. The molecule has 3 heterocycles. The summed E-state index contributed by atoms with van der Waals surface area (Å²) in [5, 5.41) is 35.4. The minimum absolute atomic E-state index is 0.000582. The molecule has 1 unspecified atom stereocenters. The van der Waals surface area contributed by atoms with Crippen molar-refractivity contribution in [1.82, 2.24) is 10.3 Å². The molecular formula is C19H18N10O2. The summed E-state index contributed by atoms with van der Waals surface area (Å²) in [5.74, 6) is 0.235. The number of anilines is 4. The van der Waals surface area contributed by atoms with Gasteiger partial charge in [0.15, 0.2) is 6.19 Å². The molecule has 156 valence electrons. The van der Waals surface area contributed by atoms with Gasteiger partial charge in [0.2, 0.25) is 5.96 Å². The predicted molar refractivity (Wildman–Crippen MR) is 114 cm³/mol. The third-order valence-corrected chi connectivity index (χ3v) is 5.32. The number of aromatic nitrogens is 1. The van der Waals surface area contributed by atoms with E-state index in [1.165, 1.54) is 6.07 Å². The van der Waals surface area contributed by atoms with E-state index in [1.54, 1.807) is 18.3 Å². The van der Waals surface area contributed by atoms with Crippen LogP contribution in [0.3, 0.4) is 0 Å². The van der Waals surface area contributed by atoms with Crippen molar-refractivity contribution in [3.05, 3.63) is 45.0 Å². The fourth-order valence-electron chi connectivity index (χ4n) is 3.90. The van der Waals surface area contributed by atoms with E-state index in [4.69, 9.17) is 16.7 Å². The minimum atomic E-state index is -0.835. The van der Waals surface area contributed by atoms with Crippen molar-refractivity contribution in [3.63, 3.8) is 0 Å². The Morgan fingerprint density at radius 1 is 1.29 bits per heavy atom. The summed E-state index contributed by atoms with van der Waals surface area (Å²) in [6.07, 6.45) is 3.73. The van der Waals surface area contributed by atoms with Gasteiger partial charge in [0.05, 0.1) is 10.6 Å². The van der Waals surface area contributed by atoms with Crippen LogP contribution < -0.4 is 27.0 Å². The smallest absolute Gasteiger partial charge is 0.292 e. The zero-order chi connectivity index (χ0) is 22.1. The Morgan fingerprint density at radius 2 is 2.03 bits per heavy atom. The van der Waals surface area contributed by atoms with Crippen LogP contribution in [0.25, 0.3) is 0 Å². The number of pyridine rings is 1. The summed E-state index contributed by atoms with van der Waals surface area (Å²) >= 11 is 0. The molecule has 2 aromatic rings. The van der Waals surface area contributed by atoms with E-state index in [2.05, 4.69) is 20.6 Å². The number of benzene rings is 1. The monoisotopic (exact) mass is 418 g/mol. The Balaban J connectivity index is 1.89. The van der Waals surface area contributed by atoms with E-state index >= 15 is 0 Å². The lowest BCUT2D eigenvalue weighted by Gasteiger charge is -2.26. The molecule has 0 spiro atoms. The van der Waals surface area contributed by atoms with Gasteiger partial charge >= 0.3 is 0 Å². The van der Waals surface area contributed by atoms with Crippen LogP contribution in [0, 0.1) is 32.9 Å². The van der Waals surface area contributed by atoms with Gasteiger partial charge in [-0.15, -0.1) is 0 Å². The molecule has 0 saturated carbocycles. The average molecular weight is 418 g/mol. The highest BCUT2D eigenvalue weighted by molar-refractivity contribution is 5.98. The first kappa shape index (κ1) is 19.7. The van der Waals surface area contributed by atoms with Gasteiger partial charge in [0.25, 0.3) is 5.69 Å². The number of nitrogens with zero attached hydrogens (tertiary/aromatic N) is 6. The van der Waals surface area contributed by atoms with Gasteiger partial charge in [-0.3, -0.25) is 15.4 Å². The number of nitrogens with two attached hydrogens (primary N) is 2. The van der Waals surface area contributed by atoms with E-state index in [9.17, 15) is 15.4 Å². The van der Waals surface area contributed by atoms with E-state index in [0.717, 1.165) is 25.9 Å². The molecule has 12 nitrogen and oxygen atoms in total. The van der Waals surface area contributed by atoms with Crippen LogP contribution >= 0.6 is 0 Å². The van der Waals surface area contributed by atoms with Gasteiger partial charge in [0, 0.05) is 24.7 Å². The molecular weight excluding hydrogens is 400 g/mol. The molecule has 1 atom stereocenters. The number of hydrogen-bond acceptors (Lipinski definition) is 11. The molecule has 0 aliphatic carbocycles. The molecule has 4 rings (SSSR count). The fraction of sp³-hybridized carbons (Fsp3) is 0.263. The van der Waals surface area contributed by atoms with E-state index < -0.39 is 11.0 Å². The number of rotatable bonds is 3. The van der Waals surface area contributed by atoms with Crippen LogP contribution in [0.4, 0.5) is 28.7 Å². The van der Waals surface area contributed by atoms with Crippen molar-refractivity contribution >= 4 is 34.7 Å². The van der Waals surface area contributed by atoms with Gasteiger partial charge in [-0.25, -0.2) is 9.98 Å². The van der Waals surface area contributed by atoms with Gasteiger partial charge in [0.1, 0.15) is 35.0 Å². The topological polar surface area (TPSA) is 195 Å². The van der Waals surface area contributed by atoms with Gasteiger partial charge in [-0.1, -0.05) is 6.07 Å². The van der Waals surface area contributed by atoms with Crippen molar-refractivity contribution in [1.29, 1.82) is 10.5 Å². The van der Waals surface area contributed by atoms with Crippen molar-refractivity contribution in [2.45, 2.75) is 18.9 Å². The second-order valence-electron chi connectivity index (χ2n) is 7.10. The zero-order valence-electron chi connectivity index (χ0n) is 16.3. The maximum atomic E-state index is 11.8. The van der Waals surface area contributed by atoms with Gasteiger partial charge in [-0.2, -0.15) is 10.5 Å². The number of nitrogens with one attached hydrogen (secondary N) is 2. The number of hydrogen-bond donors (Lipinski definition) is 4. The quantitative estimate of drug-likeness (QED) is 0.246. The number of nitro groups is 1. The van der Waals surface area contributed by atoms with Crippen LogP contribution in [0.15, 0.2) is 23.2 Å². The highest BCUT2D eigenvalue weighted by atomic mass is 16.6. The molecule has 1 aromatic heterocycles. The van der Waals surface area contributed by atoms with Crippen molar-refractivity contribution in [2.24, 2.45) is 4.99 Å². The summed E-state index contributed by atoms with van der Waals surface area (Å²) < 4.78 is 0. The Labute approximate surface area is 176 Å². The first-order valence-corrected chi connectivity index (χ1v) is 9.46. The molecule has 2 aliphatic rings. The van der Waals surface area contributed by atoms with E-state index in [-0.39, 0.29) is 34.5 Å². The number of fused-ring (bicyclic) bond motifs is 1. The van der Waals surface area contributed by atoms with E-state index in [0.29, 0.717) is 16.8 Å². The Morgan fingerprint density at radius 3 is 2.68 bits per heavy atom. The first-order valence-electron chi connectivity index (χ1n) is 9.46. The molecule has 2 aliphatic heterocycles. The summed E-state index contributed by atoms with van der Waals surface area (Å²) in [7, 11) is 0. The number of nitro benzene ring substituents is 1. The highest BCUT2D eigenvalue weighted by Crippen LogP contribution is 2.42. The predicted octanol–water partition coefficient (Wildman–Crippen LogP) is 1.57. The minimum Gasteiger partial charge on any atom is -0.397 e. The van der Waals surface area contributed by atoms with Gasteiger partial charge in [-0.05, 0) is 24.5 Å². The SMILES string of the molecule is N#CNC1=NC(c2ccc(N3CCCC3)c([N+](=O)[O-])c2)c2c(nc(N)c(C#N)c2N)N1. The average Bonchev–Trinajstić information content (AvgIpc) is 3.28. The molecule has 1 saturated heterocycles. The molecule has 0 bridgehead atoms. The largest absolute Gasteiger partial charge is 0.397 e. The molecule has 0 amide bonds. The number of nitrogen functional groups attached to an aromatic ring is 2. The van der Waals surface area contributed by atoms with Crippen LogP contribution in [-0.2, 0) is 0 Å². The Kier molecular flexibility index (Phi) is 4.89. The van der Waals surface area contributed by atoms with Crippen LogP contribution in [0.2, 0.25) is 0 Å². The van der Waals surface area contributed by atoms with Gasteiger partial charge < -0.3 is 21.7 Å². The number of guanidine groups is 1. The van der Waals surface area contributed by atoms with Crippen molar-refractivity contribution in [2.75, 3.05) is 34.8 Å². The normalized spacial score (nSPS) is 17.0. The lowest BCUT2D eigenvalue weighted by atomic mass is 9.94. The molecule has 31 heavy (non-hydrogen) atoms. The summed E-state index contributed by atoms with van der Waals surface area (Å²) in [6, 6.07) is 5.96. The lowest BCUT2D eigenvalue weighted by molar-refractivity contribution is -0.384. The Bertz CT molecular complexity index is 1190. The summed E-state index contributed by atoms with van der Waals surface area (Å²) in [6.45, 7) is 1.51. The molecule has 1 aromatic carbocycles. The molecule has 12 heteroatoms. The second-order valence-corrected chi connectivity index (χ2v) is 7.10. The van der Waals surface area contributed by atoms with E-state index in [1.807, 2.05) is 11.0 Å². The standard InChI is InChI=1S/C19H18N10O2/c20-8-11-15(22)14-16(25-19(24-9-21)27-18(14)26-17(11)23)10-3-4-12(13(7-10)29(30)31)28-5-1-2-6-28/h3-4,7,16H,1-2,5-6H2,(H6,22,23,24,25,26,27). The van der Waals surface area contributed by atoms with Crippen molar-refractivity contribution < 1.29 is 4.92 Å². The number of nitriles is 2. The van der Waals surface area contributed by atoms with Crippen LogP contribution in [0.5, 0.6) is 0 Å². The third-order valence-electron chi connectivity index (χ3n) is 5.32. The molecule has 6 N–H and O–H groups in total. The Hall–Kier alpha value is -4.58. The molecule has 0 radical (unpaired) electrons. The molecule has 1 fully saturated rings.